The van der Waals surface area contributed by atoms with Crippen molar-refractivity contribution >= 4 is 15.9 Å². The molecule has 22 heavy (non-hydrogen) atoms. The highest BCUT2D eigenvalue weighted by atomic mass is 79.9. The van der Waals surface area contributed by atoms with E-state index in [0.717, 1.165) is 0 Å². The van der Waals surface area contributed by atoms with Crippen LogP contribution in [0.25, 0.3) is 0 Å². The molecule has 0 spiro atoms. The lowest BCUT2D eigenvalue weighted by molar-refractivity contribution is -0.344. The first kappa shape index (κ1) is 19.0. The minimum Gasteiger partial charge on any atom is -0.465 e. The van der Waals surface area contributed by atoms with Crippen molar-refractivity contribution < 1.29 is 40.6 Å². The van der Waals surface area contributed by atoms with E-state index in [1.54, 1.807) is 0 Å². The van der Waals surface area contributed by atoms with Crippen molar-refractivity contribution in [1.29, 1.82) is 0 Å². The number of halogens is 8. The molecular weight excluding hydrogens is 389 g/mol. The van der Waals surface area contributed by atoms with Gasteiger partial charge in [0.2, 0.25) is 0 Å². The van der Waals surface area contributed by atoms with E-state index in [-0.39, 0.29) is 5.75 Å². The van der Waals surface area contributed by atoms with Crippen molar-refractivity contribution in [3.8, 4) is 5.75 Å². The number of hydrogen-bond donors (Lipinski definition) is 1. The zero-order valence-corrected chi connectivity index (χ0v) is 12.3. The molecule has 0 radical (unpaired) electrons. The molecule has 1 aromatic carbocycles. The second-order valence-corrected chi connectivity index (χ2v) is 5.28. The Labute approximate surface area is 129 Å². The summed E-state index contributed by atoms with van der Waals surface area (Å²) in [5.74, 6) is 0.0131. The van der Waals surface area contributed by atoms with E-state index in [1.807, 2.05) is 0 Å². The minimum atomic E-state index is -6.14. The first-order valence-electron chi connectivity index (χ1n) is 5.79. The Morgan fingerprint density at radius 2 is 1.41 bits per heavy atom. The van der Waals surface area contributed by atoms with E-state index >= 15 is 0 Å². The molecule has 0 aromatic heterocycles. The number of benzene rings is 1. The van der Waals surface area contributed by atoms with Crippen molar-refractivity contribution in [2.24, 2.45) is 0 Å². The van der Waals surface area contributed by atoms with Gasteiger partial charge in [0.1, 0.15) is 5.75 Å². The highest BCUT2D eigenvalue weighted by Gasteiger charge is 2.71. The Bertz CT molecular complexity index is 470. The Hall–Kier alpha value is -1.03. The second-order valence-electron chi connectivity index (χ2n) is 4.36. The lowest BCUT2D eigenvalue weighted by Crippen LogP contribution is -2.53. The van der Waals surface area contributed by atoms with E-state index in [4.69, 9.17) is 4.74 Å². The predicted octanol–water partition coefficient (Wildman–Crippen LogP) is 4.76. The van der Waals surface area contributed by atoms with E-state index < -0.39 is 37.2 Å². The van der Waals surface area contributed by atoms with Gasteiger partial charge in [-0.2, -0.15) is 26.3 Å². The van der Waals surface area contributed by atoms with Crippen molar-refractivity contribution in [3.05, 3.63) is 28.7 Å². The average Bonchev–Trinajstić information content (AvgIpc) is 2.36. The topological polar surface area (TPSA) is 29.5 Å². The SMILES string of the molecule is OC(CCC(F)(C(F)(F)F)C(F)(F)F)Oc1ccc(Br)cc1. The van der Waals surface area contributed by atoms with Gasteiger partial charge < -0.3 is 9.84 Å². The lowest BCUT2D eigenvalue weighted by atomic mass is 9.98. The number of ether oxygens (including phenoxy) is 1. The van der Waals surface area contributed by atoms with Crippen molar-refractivity contribution in [1.82, 2.24) is 0 Å². The molecule has 1 N–H and O–H groups in total. The van der Waals surface area contributed by atoms with Crippen LogP contribution in [0.3, 0.4) is 0 Å². The summed E-state index contributed by atoms with van der Waals surface area (Å²) in [6.45, 7) is 0. The van der Waals surface area contributed by atoms with Crippen LogP contribution in [0.5, 0.6) is 5.75 Å². The number of hydrogen-bond acceptors (Lipinski definition) is 2. The summed E-state index contributed by atoms with van der Waals surface area (Å²) in [5.41, 5.74) is -5.40. The first-order valence-corrected chi connectivity index (χ1v) is 6.59. The minimum absolute atomic E-state index is 0.0131. The number of aliphatic hydroxyl groups is 1. The molecule has 126 valence electrons. The molecule has 2 nitrogen and oxygen atoms in total. The van der Waals surface area contributed by atoms with Crippen LogP contribution in [-0.2, 0) is 0 Å². The molecule has 1 unspecified atom stereocenters. The van der Waals surface area contributed by atoms with Gasteiger partial charge in [-0.05, 0) is 24.3 Å². The van der Waals surface area contributed by atoms with E-state index in [2.05, 4.69) is 15.9 Å². The van der Waals surface area contributed by atoms with Crippen molar-refractivity contribution in [3.63, 3.8) is 0 Å². The summed E-state index contributed by atoms with van der Waals surface area (Å²) >= 11 is 3.09. The van der Waals surface area contributed by atoms with Gasteiger partial charge in [0.05, 0.1) is 0 Å². The van der Waals surface area contributed by atoms with E-state index in [1.165, 1.54) is 24.3 Å². The number of rotatable bonds is 5. The van der Waals surface area contributed by atoms with Crippen molar-refractivity contribution in [2.45, 2.75) is 37.2 Å². The molecule has 0 bridgehead atoms. The monoisotopic (exact) mass is 398 g/mol. The molecule has 0 aliphatic rings. The normalized spacial score (nSPS) is 14.8. The maximum atomic E-state index is 13.3. The Morgan fingerprint density at radius 1 is 0.955 bits per heavy atom. The lowest BCUT2D eigenvalue weighted by Gasteiger charge is -2.30. The summed E-state index contributed by atoms with van der Waals surface area (Å²) in [6, 6.07) is 5.60. The van der Waals surface area contributed by atoms with Crippen LogP contribution in [0.1, 0.15) is 12.8 Å². The summed E-state index contributed by atoms with van der Waals surface area (Å²) in [6.07, 6.45) is -17.5. The van der Waals surface area contributed by atoms with Crippen LogP contribution in [0.4, 0.5) is 30.7 Å². The third-order valence-electron chi connectivity index (χ3n) is 2.72. The Kier molecular flexibility index (Phi) is 5.71. The summed E-state index contributed by atoms with van der Waals surface area (Å²) in [7, 11) is 0. The molecular formula is C12H10BrF7O2. The number of aliphatic hydroxyl groups excluding tert-OH is 1. The molecule has 0 aliphatic carbocycles. The van der Waals surface area contributed by atoms with E-state index in [0.29, 0.717) is 4.47 Å². The van der Waals surface area contributed by atoms with Gasteiger partial charge in [-0.1, -0.05) is 15.9 Å². The van der Waals surface area contributed by atoms with Crippen molar-refractivity contribution in [2.75, 3.05) is 0 Å². The maximum Gasteiger partial charge on any atom is 0.431 e. The molecule has 0 heterocycles. The summed E-state index contributed by atoms with van der Waals surface area (Å²) < 4.78 is 92.5. The maximum absolute atomic E-state index is 13.3. The fourth-order valence-corrected chi connectivity index (χ4v) is 1.76. The Balaban J connectivity index is 2.71. The average molecular weight is 399 g/mol. The number of alkyl halides is 7. The zero-order valence-electron chi connectivity index (χ0n) is 10.7. The molecule has 0 saturated carbocycles. The van der Waals surface area contributed by atoms with Crippen LogP contribution in [0.15, 0.2) is 28.7 Å². The molecule has 1 rings (SSSR count). The standard InChI is InChI=1S/C12H10BrF7O2/c13-7-1-3-8(4-2-7)22-9(21)5-6-10(14,11(15,16)17)12(18,19)20/h1-4,9,21H,5-6H2. The van der Waals surface area contributed by atoms with Gasteiger partial charge in [0.15, 0.2) is 6.29 Å². The van der Waals surface area contributed by atoms with Gasteiger partial charge in [-0.25, -0.2) is 4.39 Å². The van der Waals surface area contributed by atoms with Crippen LogP contribution in [-0.4, -0.2) is 29.4 Å². The smallest absolute Gasteiger partial charge is 0.431 e. The fraction of sp³-hybridized carbons (Fsp3) is 0.500. The molecule has 0 saturated heterocycles. The first-order chi connectivity index (χ1) is 9.87. The van der Waals surface area contributed by atoms with Crippen LogP contribution < -0.4 is 4.74 Å². The third kappa shape index (κ3) is 4.48. The van der Waals surface area contributed by atoms with Gasteiger partial charge in [0.25, 0.3) is 5.67 Å². The third-order valence-corrected chi connectivity index (χ3v) is 3.25. The molecule has 1 aromatic rings. The summed E-state index contributed by atoms with van der Waals surface area (Å²) in [5, 5.41) is 9.33. The molecule has 0 fully saturated rings. The van der Waals surface area contributed by atoms with Gasteiger partial charge in [0, 0.05) is 17.3 Å². The molecule has 0 aliphatic heterocycles. The van der Waals surface area contributed by atoms with E-state index in [9.17, 15) is 35.8 Å². The van der Waals surface area contributed by atoms with Gasteiger partial charge in [-0.15, -0.1) is 0 Å². The van der Waals surface area contributed by atoms with Crippen LogP contribution >= 0.6 is 15.9 Å². The second kappa shape index (κ2) is 6.61. The van der Waals surface area contributed by atoms with Crippen LogP contribution in [0, 0.1) is 0 Å². The van der Waals surface area contributed by atoms with Crippen LogP contribution in [0.2, 0.25) is 0 Å². The molecule has 0 amide bonds. The van der Waals surface area contributed by atoms with Gasteiger partial charge in [-0.3, -0.25) is 0 Å². The van der Waals surface area contributed by atoms with Gasteiger partial charge >= 0.3 is 12.4 Å². The highest BCUT2D eigenvalue weighted by molar-refractivity contribution is 9.10. The quantitative estimate of drug-likeness (QED) is 0.572. The largest absolute Gasteiger partial charge is 0.465 e. The molecule has 10 heteroatoms. The fourth-order valence-electron chi connectivity index (χ4n) is 1.50. The highest BCUT2D eigenvalue weighted by Crippen LogP contribution is 2.49. The Morgan fingerprint density at radius 3 is 1.82 bits per heavy atom. The predicted molar refractivity (Wildman–Crippen MR) is 66.0 cm³/mol. The molecule has 1 atom stereocenters. The summed E-state index contributed by atoms with van der Waals surface area (Å²) in [4.78, 5) is 0. The zero-order chi connectivity index (χ0) is 17.2.